The molecule has 0 unspecified atom stereocenters. The highest BCUT2D eigenvalue weighted by Gasteiger charge is 2.23. The number of aromatic amines is 1. The number of ether oxygens (including phenoxy) is 3. The third-order valence-corrected chi connectivity index (χ3v) is 4.59. The lowest BCUT2D eigenvalue weighted by atomic mass is 10.1. The van der Waals surface area contributed by atoms with Crippen molar-refractivity contribution in [2.45, 2.75) is 12.8 Å². The fourth-order valence-corrected chi connectivity index (χ4v) is 3.11. The quantitative estimate of drug-likeness (QED) is 0.579. The SMILES string of the molecule is COc1cccc(OC)c1C(=O)OCC(=O)c1c[nH]c(C(=O)N2CCCC2)c1. The Hall–Kier alpha value is -3.29. The molecule has 0 spiro atoms. The minimum atomic E-state index is -0.730. The van der Waals surface area contributed by atoms with Crippen LogP contribution < -0.4 is 9.47 Å². The van der Waals surface area contributed by atoms with Crippen molar-refractivity contribution in [3.63, 3.8) is 0 Å². The van der Waals surface area contributed by atoms with E-state index in [-0.39, 0.29) is 28.5 Å². The minimum absolute atomic E-state index is 0.110. The van der Waals surface area contributed by atoms with Crippen molar-refractivity contribution < 1.29 is 28.6 Å². The summed E-state index contributed by atoms with van der Waals surface area (Å²) in [6, 6.07) is 6.37. The summed E-state index contributed by atoms with van der Waals surface area (Å²) in [6.45, 7) is 0.980. The van der Waals surface area contributed by atoms with Crippen molar-refractivity contribution in [1.29, 1.82) is 0 Å². The molecule has 8 nitrogen and oxygen atoms in total. The summed E-state index contributed by atoms with van der Waals surface area (Å²) in [6.07, 6.45) is 3.42. The van der Waals surface area contributed by atoms with Gasteiger partial charge in [-0.25, -0.2) is 4.79 Å². The molecule has 1 aliphatic rings. The molecular weight excluding hydrogens is 364 g/mol. The van der Waals surface area contributed by atoms with Crippen molar-refractivity contribution >= 4 is 17.7 Å². The highest BCUT2D eigenvalue weighted by Crippen LogP contribution is 2.29. The molecule has 1 amide bonds. The average Bonchev–Trinajstić information content (AvgIpc) is 3.42. The molecule has 1 aromatic heterocycles. The molecule has 1 saturated heterocycles. The maximum atomic E-state index is 12.4. The van der Waals surface area contributed by atoms with Crippen LogP contribution in [0.15, 0.2) is 30.5 Å². The Bertz CT molecular complexity index is 860. The van der Waals surface area contributed by atoms with Crippen molar-refractivity contribution in [2.75, 3.05) is 33.9 Å². The fourth-order valence-electron chi connectivity index (χ4n) is 3.11. The second-order valence-electron chi connectivity index (χ2n) is 6.34. The van der Waals surface area contributed by atoms with Crippen LogP contribution in [-0.2, 0) is 4.74 Å². The first-order chi connectivity index (χ1) is 13.5. The standard InChI is InChI=1S/C20H22N2O6/c1-26-16-6-5-7-17(27-2)18(16)20(25)28-12-15(23)13-10-14(21-11-13)19(24)22-8-3-4-9-22/h5-7,10-11,21H,3-4,8-9,12H2,1-2H3. The fraction of sp³-hybridized carbons (Fsp3) is 0.350. The van der Waals surface area contributed by atoms with Crippen LogP contribution in [-0.4, -0.2) is 61.5 Å². The third kappa shape index (κ3) is 4.00. The number of aromatic nitrogens is 1. The number of nitrogens with zero attached hydrogens (tertiary/aromatic N) is 1. The molecule has 1 fully saturated rings. The number of amides is 1. The number of methoxy groups -OCH3 is 2. The maximum Gasteiger partial charge on any atom is 0.346 e. The Kier molecular flexibility index (Phi) is 5.98. The number of hydrogen-bond acceptors (Lipinski definition) is 6. The molecule has 2 aromatic rings. The van der Waals surface area contributed by atoms with Gasteiger partial charge in [0.15, 0.2) is 6.61 Å². The van der Waals surface area contributed by atoms with E-state index in [4.69, 9.17) is 14.2 Å². The Morgan fingerprint density at radius 1 is 1.07 bits per heavy atom. The number of carbonyl (C=O) groups excluding carboxylic acids is 3. The van der Waals surface area contributed by atoms with E-state index in [1.165, 1.54) is 26.5 Å². The topological polar surface area (TPSA) is 97.9 Å². The zero-order chi connectivity index (χ0) is 20.1. The lowest BCUT2D eigenvalue weighted by molar-refractivity contribution is 0.0468. The highest BCUT2D eigenvalue weighted by molar-refractivity contribution is 6.03. The molecular formula is C20H22N2O6. The molecule has 0 radical (unpaired) electrons. The Labute approximate surface area is 162 Å². The van der Waals surface area contributed by atoms with E-state index >= 15 is 0 Å². The summed E-state index contributed by atoms with van der Waals surface area (Å²) < 4.78 is 15.5. The van der Waals surface area contributed by atoms with Gasteiger partial charge in [0.2, 0.25) is 5.78 Å². The molecule has 28 heavy (non-hydrogen) atoms. The largest absolute Gasteiger partial charge is 0.496 e. The van der Waals surface area contributed by atoms with Crippen LogP contribution in [0.25, 0.3) is 0 Å². The average molecular weight is 386 g/mol. The first-order valence-electron chi connectivity index (χ1n) is 8.94. The zero-order valence-electron chi connectivity index (χ0n) is 15.8. The second kappa shape index (κ2) is 8.60. The number of carbonyl (C=O) groups is 3. The molecule has 1 aromatic carbocycles. The summed E-state index contributed by atoms with van der Waals surface area (Å²) in [5.41, 5.74) is 0.740. The van der Waals surface area contributed by atoms with Gasteiger partial charge in [0.1, 0.15) is 22.8 Å². The van der Waals surface area contributed by atoms with E-state index in [1.807, 2.05) is 0 Å². The van der Waals surface area contributed by atoms with Gasteiger partial charge in [0.05, 0.1) is 14.2 Å². The molecule has 0 bridgehead atoms. The number of rotatable bonds is 7. The van der Waals surface area contributed by atoms with Crippen molar-refractivity contribution in [1.82, 2.24) is 9.88 Å². The van der Waals surface area contributed by atoms with E-state index in [2.05, 4.69) is 4.98 Å². The van der Waals surface area contributed by atoms with E-state index in [1.54, 1.807) is 23.1 Å². The summed E-state index contributed by atoms with van der Waals surface area (Å²) in [5, 5.41) is 0. The van der Waals surface area contributed by atoms with Crippen LogP contribution in [0.2, 0.25) is 0 Å². The molecule has 3 rings (SSSR count). The number of benzene rings is 1. The number of nitrogens with one attached hydrogen (secondary N) is 1. The van der Waals surface area contributed by atoms with Gasteiger partial charge in [0.25, 0.3) is 5.91 Å². The van der Waals surface area contributed by atoms with Gasteiger partial charge in [0, 0.05) is 24.8 Å². The lowest BCUT2D eigenvalue weighted by Gasteiger charge is -2.13. The van der Waals surface area contributed by atoms with Gasteiger partial charge < -0.3 is 24.1 Å². The summed E-state index contributed by atoms with van der Waals surface area (Å²) in [4.78, 5) is 41.7. The molecule has 8 heteroatoms. The lowest BCUT2D eigenvalue weighted by Crippen LogP contribution is -2.27. The van der Waals surface area contributed by atoms with Gasteiger partial charge in [-0.3, -0.25) is 9.59 Å². The van der Waals surface area contributed by atoms with Crippen LogP contribution >= 0.6 is 0 Å². The second-order valence-corrected chi connectivity index (χ2v) is 6.34. The Balaban J connectivity index is 1.65. The molecule has 0 saturated carbocycles. The Morgan fingerprint density at radius 3 is 2.32 bits per heavy atom. The van der Waals surface area contributed by atoms with Crippen molar-refractivity contribution in [2.24, 2.45) is 0 Å². The summed E-state index contributed by atoms with van der Waals surface area (Å²) >= 11 is 0. The highest BCUT2D eigenvalue weighted by atomic mass is 16.5. The maximum absolute atomic E-state index is 12.4. The molecule has 1 N–H and O–H groups in total. The smallest absolute Gasteiger partial charge is 0.346 e. The number of hydrogen-bond donors (Lipinski definition) is 1. The molecule has 1 aliphatic heterocycles. The molecule has 2 heterocycles. The zero-order valence-corrected chi connectivity index (χ0v) is 15.8. The van der Waals surface area contributed by atoms with Gasteiger partial charge >= 0.3 is 5.97 Å². The van der Waals surface area contributed by atoms with Crippen molar-refractivity contribution in [3.8, 4) is 11.5 Å². The minimum Gasteiger partial charge on any atom is -0.496 e. The molecule has 0 atom stereocenters. The molecule has 148 valence electrons. The van der Waals surface area contributed by atoms with Crippen LogP contribution in [0.1, 0.15) is 44.0 Å². The summed E-state index contributed by atoms with van der Waals surface area (Å²) in [7, 11) is 2.85. The van der Waals surface area contributed by atoms with Crippen molar-refractivity contribution in [3.05, 3.63) is 47.3 Å². The van der Waals surface area contributed by atoms with Gasteiger partial charge in [-0.05, 0) is 31.0 Å². The first-order valence-corrected chi connectivity index (χ1v) is 8.94. The van der Waals surface area contributed by atoms with Crippen LogP contribution in [0.4, 0.5) is 0 Å². The normalized spacial score (nSPS) is 13.3. The van der Waals surface area contributed by atoms with Gasteiger partial charge in [-0.2, -0.15) is 0 Å². The van der Waals surface area contributed by atoms with Crippen LogP contribution in [0, 0.1) is 0 Å². The van der Waals surface area contributed by atoms with E-state index in [9.17, 15) is 14.4 Å². The predicted molar refractivity (Wildman–Crippen MR) is 100 cm³/mol. The number of H-pyrrole nitrogens is 1. The van der Waals surface area contributed by atoms with Gasteiger partial charge in [-0.1, -0.05) is 6.07 Å². The number of ketones is 1. The van der Waals surface area contributed by atoms with E-state index < -0.39 is 18.4 Å². The van der Waals surface area contributed by atoms with E-state index in [0.717, 1.165) is 25.9 Å². The van der Waals surface area contributed by atoms with E-state index in [0.29, 0.717) is 5.69 Å². The molecule has 0 aliphatic carbocycles. The third-order valence-electron chi connectivity index (χ3n) is 4.59. The first kappa shape index (κ1) is 19.5. The monoisotopic (exact) mass is 386 g/mol. The van der Waals surface area contributed by atoms with Crippen LogP contribution in [0.3, 0.4) is 0 Å². The van der Waals surface area contributed by atoms with Crippen LogP contribution in [0.5, 0.6) is 11.5 Å². The summed E-state index contributed by atoms with van der Waals surface area (Å²) in [5.74, 6) is -0.702. The Morgan fingerprint density at radius 2 is 1.71 bits per heavy atom. The predicted octanol–water partition coefficient (Wildman–Crippen LogP) is 2.31. The number of esters is 1. The number of likely N-dealkylation sites (tertiary alicyclic amines) is 1. The number of Topliss-reactive ketones (excluding diaryl/α,β-unsaturated/α-hetero) is 1. The van der Waals surface area contributed by atoms with Gasteiger partial charge in [-0.15, -0.1) is 0 Å².